The third-order valence-electron chi connectivity index (χ3n) is 2.20. The van der Waals surface area contributed by atoms with Crippen molar-refractivity contribution in [1.82, 2.24) is 0 Å². The Morgan fingerprint density at radius 3 is 2.11 bits per heavy atom. The number of halogens is 3. The highest BCUT2D eigenvalue weighted by molar-refractivity contribution is 7.90. The molecule has 0 fully saturated rings. The largest absolute Gasteiger partial charge is 0.392 e. The van der Waals surface area contributed by atoms with E-state index in [0.29, 0.717) is 5.56 Å². The molecular formula is C12H13F3O2S. The van der Waals surface area contributed by atoms with Crippen LogP contribution in [0.3, 0.4) is 0 Å². The normalized spacial score (nSPS) is 13.7. The Kier molecular flexibility index (Phi) is 4.21. The third kappa shape index (κ3) is 4.91. The first-order valence-electron chi connectivity index (χ1n) is 5.12. The molecule has 0 saturated carbocycles. The van der Waals surface area contributed by atoms with Crippen molar-refractivity contribution >= 4 is 15.9 Å². The summed E-state index contributed by atoms with van der Waals surface area (Å²) in [7, 11) is -3.28. The molecule has 0 radical (unpaired) electrons. The summed E-state index contributed by atoms with van der Waals surface area (Å²) in [4.78, 5) is 0.146. The van der Waals surface area contributed by atoms with Crippen LogP contribution in [-0.2, 0) is 9.84 Å². The van der Waals surface area contributed by atoms with Crippen molar-refractivity contribution in [3.63, 3.8) is 0 Å². The van der Waals surface area contributed by atoms with E-state index in [0.717, 1.165) is 6.26 Å². The van der Waals surface area contributed by atoms with Gasteiger partial charge < -0.3 is 0 Å². The number of hydrogen-bond donors (Lipinski definition) is 0. The van der Waals surface area contributed by atoms with Crippen LogP contribution in [0.1, 0.15) is 18.9 Å². The predicted molar refractivity (Wildman–Crippen MR) is 63.9 cm³/mol. The highest BCUT2D eigenvalue weighted by Crippen LogP contribution is 2.25. The van der Waals surface area contributed by atoms with E-state index in [-0.39, 0.29) is 10.5 Å². The molecule has 1 aromatic carbocycles. The fourth-order valence-electron chi connectivity index (χ4n) is 1.46. The van der Waals surface area contributed by atoms with Gasteiger partial charge in [-0.3, -0.25) is 0 Å². The van der Waals surface area contributed by atoms with Gasteiger partial charge in [-0.15, -0.1) is 0 Å². The van der Waals surface area contributed by atoms with Gasteiger partial charge in [-0.1, -0.05) is 23.8 Å². The maximum absolute atomic E-state index is 12.1. The first kappa shape index (κ1) is 14.8. The Labute approximate surface area is 104 Å². The molecular weight excluding hydrogens is 265 g/mol. The molecule has 0 heterocycles. The van der Waals surface area contributed by atoms with E-state index in [9.17, 15) is 21.6 Å². The summed E-state index contributed by atoms with van der Waals surface area (Å²) in [6.45, 7) is 1.39. The summed E-state index contributed by atoms with van der Waals surface area (Å²) >= 11 is 0. The summed E-state index contributed by atoms with van der Waals surface area (Å²) in [6.07, 6.45) is -2.74. The van der Waals surface area contributed by atoms with Crippen LogP contribution in [0, 0.1) is 0 Å². The molecule has 0 spiro atoms. The topological polar surface area (TPSA) is 34.1 Å². The van der Waals surface area contributed by atoms with Gasteiger partial charge in [0.1, 0.15) is 0 Å². The van der Waals surface area contributed by atoms with Crippen molar-refractivity contribution in [2.45, 2.75) is 24.4 Å². The molecule has 100 valence electrons. The fourth-order valence-corrected chi connectivity index (χ4v) is 2.09. The van der Waals surface area contributed by atoms with Gasteiger partial charge in [-0.05, 0) is 24.6 Å². The zero-order valence-electron chi connectivity index (χ0n) is 9.95. The minimum Gasteiger partial charge on any atom is -0.224 e. The van der Waals surface area contributed by atoms with Gasteiger partial charge in [-0.2, -0.15) is 13.2 Å². The van der Waals surface area contributed by atoms with Crippen molar-refractivity contribution in [1.29, 1.82) is 0 Å². The molecule has 0 aliphatic rings. The summed E-state index contributed by atoms with van der Waals surface area (Å²) in [5.41, 5.74) is 0.721. The molecule has 1 rings (SSSR count). The highest BCUT2D eigenvalue weighted by Gasteiger charge is 2.27. The standard InChI is InChI=1S/C12H13F3O2S/c1-9(8-12(13,14)15)7-10-3-5-11(6-4-10)18(2,16)17/h3-7H,8H2,1-2H3/b9-7+. The summed E-state index contributed by atoms with van der Waals surface area (Å²) in [5, 5.41) is 0. The molecule has 18 heavy (non-hydrogen) atoms. The summed E-state index contributed by atoms with van der Waals surface area (Å²) < 4.78 is 58.7. The van der Waals surface area contributed by atoms with Gasteiger partial charge in [-0.25, -0.2) is 8.42 Å². The lowest BCUT2D eigenvalue weighted by atomic mass is 10.1. The summed E-state index contributed by atoms with van der Waals surface area (Å²) in [5.74, 6) is 0. The van der Waals surface area contributed by atoms with E-state index in [1.54, 1.807) is 0 Å². The fraction of sp³-hybridized carbons (Fsp3) is 0.333. The van der Waals surface area contributed by atoms with Gasteiger partial charge in [0, 0.05) is 6.26 Å². The molecule has 0 unspecified atom stereocenters. The molecule has 0 atom stereocenters. The van der Waals surface area contributed by atoms with E-state index in [4.69, 9.17) is 0 Å². The van der Waals surface area contributed by atoms with E-state index in [1.165, 1.54) is 37.3 Å². The highest BCUT2D eigenvalue weighted by atomic mass is 32.2. The molecule has 0 N–H and O–H groups in total. The molecule has 6 heteroatoms. The maximum Gasteiger partial charge on any atom is 0.392 e. The van der Waals surface area contributed by atoms with Crippen LogP contribution in [0.15, 0.2) is 34.7 Å². The number of benzene rings is 1. The molecule has 0 aliphatic carbocycles. The maximum atomic E-state index is 12.1. The van der Waals surface area contributed by atoms with Crippen LogP contribution in [0.25, 0.3) is 6.08 Å². The lowest BCUT2D eigenvalue weighted by Crippen LogP contribution is -2.07. The average Bonchev–Trinajstić information content (AvgIpc) is 2.13. The molecule has 0 bridgehead atoms. The zero-order valence-corrected chi connectivity index (χ0v) is 10.8. The minimum absolute atomic E-state index is 0.146. The minimum atomic E-state index is -4.23. The number of rotatable bonds is 3. The predicted octanol–water partition coefficient (Wildman–Crippen LogP) is 3.45. The first-order valence-corrected chi connectivity index (χ1v) is 7.01. The van der Waals surface area contributed by atoms with Crippen molar-refractivity contribution in [2.75, 3.05) is 6.26 Å². The second-order valence-corrected chi connectivity index (χ2v) is 6.14. The van der Waals surface area contributed by atoms with Crippen LogP contribution < -0.4 is 0 Å². The quantitative estimate of drug-likeness (QED) is 0.848. The van der Waals surface area contributed by atoms with Crippen molar-refractivity contribution < 1.29 is 21.6 Å². The van der Waals surface area contributed by atoms with E-state index in [1.807, 2.05) is 0 Å². The Bertz CT molecular complexity index is 540. The SMILES string of the molecule is C/C(=C\c1ccc(S(C)(=O)=O)cc1)CC(F)(F)F. The average molecular weight is 278 g/mol. The van der Waals surface area contributed by atoms with Crippen LogP contribution in [0.4, 0.5) is 13.2 Å². The summed E-state index contributed by atoms with van der Waals surface area (Å²) in [6, 6.07) is 5.72. The molecule has 0 aliphatic heterocycles. The monoisotopic (exact) mass is 278 g/mol. The van der Waals surface area contributed by atoms with Crippen molar-refractivity contribution in [2.24, 2.45) is 0 Å². The Morgan fingerprint density at radius 1 is 1.22 bits per heavy atom. The van der Waals surface area contributed by atoms with Crippen LogP contribution in [0.2, 0.25) is 0 Å². The van der Waals surface area contributed by atoms with Gasteiger partial charge in [0.05, 0.1) is 11.3 Å². The second kappa shape index (κ2) is 5.14. The number of allylic oxidation sites excluding steroid dienone is 1. The molecule has 0 saturated heterocycles. The Balaban J connectivity index is 2.90. The first-order chi connectivity index (χ1) is 8.08. The van der Waals surface area contributed by atoms with Gasteiger partial charge in [0.25, 0.3) is 0 Å². The Hall–Kier alpha value is -1.30. The van der Waals surface area contributed by atoms with Gasteiger partial charge in [0.15, 0.2) is 9.84 Å². The molecule has 0 amide bonds. The van der Waals surface area contributed by atoms with Crippen LogP contribution in [-0.4, -0.2) is 20.8 Å². The lowest BCUT2D eigenvalue weighted by Gasteiger charge is -2.06. The van der Waals surface area contributed by atoms with Crippen molar-refractivity contribution in [3.05, 3.63) is 35.4 Å². The van der Waals surface area contributed by atoms with Gasteiger partial charge in [0.2, 0.25) is 0 Å². The Morgan fingerprint density at radius 2 is 1.72 bits per heavy atom. The molecule has 2 nitrogen and oxygen atoms in total. The molecule has 0 aromatic heterocycles. The number of alkyl halides is 3. The lowest BCUT2D eigenvalue weighted by molar-refractivity contribution is -0.126. The smallest absolute Gasteiger partial charge is 0.224 e. The van der Waals surface area contributed by atoms with Crippen LogP contribution >= 0.6 is 0 Å². The second-order valence-electron chi connectivity index (χ2n) is 4.12. The van der Waals surface area contributed by atoms with E-state index in [2.05, 4.69) is 0 Å². The van der Waals surface area contributed by atoms with Crippen molar-refractivity contribution in [3.8, 4) is 0 Å². The zero-order chi connectivity index (χ0) is 14.0. The third-order valence-corrected chi connectivity index (χ3v) is 3.33. The van der Waals surface area contributed by atoms with E-state index < -0.39 is 22.4 Å². The van der Waals surface area contributed by atoms with Crippen LogP contribution in [0.5, 0.6) is 0 Å². The van der Waals surface area contributed by atoms with Gasteiger partial charge >= 0.3 is 6.18 Å². The number of sulfone groups is 1. The van der Waals surface area contributed by atoms with E-state index >= 15 is 0 Å². The molecule has 1 aromatic rings. The number of hydrogen-bond acceptors (Lipinski definition) is 2.